The summed E-state index contributed by atoms with van der Waals surface area (Å²) in [6, 6.07) is 0. The van der Waals surface area contributed by atoms with Crippen LogP contribution >= 0.6 is 0 Å². The lowest BCUT2D eigenvalue weighted by Crippen LogP contribution is -2.51. The number of aliphatic hydroxyl groups is 1. The fourth-order valence-electron chi connectivity index (χ4n) is 9.22. The van der Waals surface area contributed by atoms with Crippen molar-refractivity contribution in [2.24, 2.45) is 46.3 Å². The second-order valence-corrected chi connectivity index (χ2v) is 13.6. The quantitative estimate of drug-likeness (QED) is 0.261. The molecule has 0 aromatic heterocycles. The average molecular weight is 488 g/mol. The van der Waals surface area contributed by atoms with E-state index < -0.39 is 0 Å². The molecule has 0 aliphatic heterocycles. The molecule has 4 aliphatic carbocycles. The molecule has 35 heavy (non-hydrogen) atoms. The molecule has 4 rings (SSSR count). The van der Waals surface area contributed by atoms with Crippen LogP contribution < -0.4 is 5.32 Å². The maximum atomic E-state index is 12.2. The zero-order valence-electron chi connectivity index (χ0n) is 23.3. The van der Waals surface area contributed by atoms with E-state index >= 15 is 0 Å². The molecule has 0 heterocycles. The lowest BCUT2D eigenvalue weighted by Gasteiger charge is -2.58. The van der Waals surface area contributed by atoms with E-state index in [-0.39, 0.29) is 18.8 Å². The van der Waals surface area contributed by atoms with Gasteiger partial charge in [0, 0.05) is 19.6 Å². The van der Waals surface area contributed by atoms with Crippen LogP contribution in [0, 0.1) is 46.3 Å². The third-order valence-electron chi connectivity index (χ3n) is 11.1. The van der Waals surface area contributed by atoms with Gasteiger partial charge >= 0.3 is 6.09 Å². The van der Waals surface area contributed by atoms with Crippen molar-refractivity contribution < 1.29 is 14.6 Å². The number of aliphatic hydroxyl groups excluding tert-OH is 1. The molecule has 2 N–H and O–H groups in total. The lowest BCUT2D eigenvalue weighted by molar-refractivity contribution is -0.0581. The van der Waals surface area contributed by atoms with Gasteiger partial charge in [0.25, 0.3) is 0 Å². The summed E-state index contributed by atoms with van der Waals surface area (Å²) in [6.45, 7) is 13.1. The number of allylic oxidation sites excluding steroid dienone is 1. The van der Waals surface area contributed by atoms with Gasteiger partial charge in [-0.1, -0.05) is 65.5 Å². The Hall–Kier alpha value is -1.03. The maximum absolute atomic E-state index is 12.2. The fraction of sp³-hybridized carbons (Fsp3) is 0.903. The molecule has 0 spiro atoms. The molecule has 0 aromatic rings. The summed E-state index contributed by atoms with van der Waals surface area (Å²) in [5.74, 6) is 5.13. The number of nitrogens with one attached hydrogen (secondary N) is 1. The third-order valence-corrected chi connectivity index (χ3v) is 11.1. The first-order chi connectivity index (χ1) is 16.7. The number of ether oxygens (including phenoxy) is 1. The smallest absolute Gasteiger partial charge is 0.407 e. The molecule has 0 bridgehead atoms. The third kappa shape index (κ3) is 5.48. The van der Waals surface area contributed by atoms with Crippen LogP contribution in [0.1, 0.15) is 112 Å². The minimum atomic E-state index is -0.325. The molecule has 3 fully saturated rings. The molecular formula is C31H53NO3. The molecule has 4 aliphatic rings. The van der Waals surface area contributed by atoms with Gasteiger partial charge in [0.1, 0.15) is 6.10 Å². The second kappa shape index (κ2) is 11.2. The number of amides is 1. The molecule has 0 radical (unpaired) electrons. The number of rotatable bonds is 9. The number of fused-ring (bicyclic) bond motifs is 5. The molecule has 1 amide bonds. The van der Waals surface area contributed by atoms with Gasteiger partial charge in [-0.2, -0.15) is 0 Å². The summed E-state index contributed by atoms with van der Waals surface area (Å²) in [6.07, 6.45) is 17.0. The molecule has 0 aromatic carbocycles. The van der Waals surface area contributed by atoms with Crippen LogP contribution in [0.3, 0.4) is 0 Å². The van der Waals surface area contributed by atoms with Gasteiger partial charge in [-0.05, 0) is 97.7 Å². The van der Waals surface area contributed by atoms with Gasteiger partial charge < -0.3 is 15.2 Å². The summed E-state index contributed by atoms with van der Waals surface area (Å²) in [4.78, 5) is 12.2. The molecule has 0 saturated heterocycles. The minimum absolute atomic E-state index is 0.00333. The maximum Gasteiger partial charge on any atom is 0.407 e. The highest BCUT2D eigenvalue weighted by Gasteiger charge is 2.59. The van der Waals surface area contributed by atoms with E-state index in [2.05, 4.69) is 46.0 Å². The van der Waals surface area contributed by atoms with Crippen molar-refractivity contribution in [3.8, 4) is 0 Å². The van der Waals surface area contributed by atoms with E-state index in [0.717, 1.165) is 54.8 Å². The topological polar surface area (TPSA) is 58.6 Å². The Kier molecular flexibility index (Phi) is 8.61. The summed E-state index contributed by atoms with van der Waals surface area (Å²) in [5, 5.41) is 11.7. The predicted molar refractivity (Wildman–Crippen MR) is 143 cm³/mol. The molecular weight excluding hydrogens is 434 g/mol. The van der Waals surface area contributed by atoms with Gasteiger partial charge in [0.2, 0.25) is 0 Å². The largest absolute Gasteiger partial charge is 0.446 e. The van der Waals surface area contributed by atoms with Crippen molar-refractivity contribution in [1.82, 2.24) is 5.32 Å². The van der Waals surface area contributed by atoms with Gasteiger partial charge in [0.05, 0.1) is 0 Å². The highest BCUT2D eigenvalue weighted by molar-refractivity contribution is 5.67. The van der Waals surface area contributed by atoms with Crippen LogP contribution in [0.4, 0.5) is 4.79 Å². The number of hydrogen-bond donors (Lipinski definition) is 2. The number of alkyl carbamates (subject to hydrolysis) is 1. The normalized spacial score (nSPS) is 39.3. The van der Waals surface area contributed by atoms with E-state index in [1.807, 2.05) is 0 Å². The van der Waals surface area contributed by atoms with E-state index in [0.29, 0.717) is 23.8 Å². The molecule has 200 valence electrons. The van der Waals surface area contributed by atoms with E-state index in [1.54, 1.807) is 5.57 Å². The van der Waals surface area contributed by atoms with Crippen LogP contribution in [-0.4, -0.2) is 30.5 Å². The van der Waals surface area contributed by atoms with Crippen LogP contribution in [0.25, 0.3) is 0 Å². The van der Waals surface area contributed by atoms with Gasteiger partial charge in [0.15, 0.2) is 0 Å². The minimum Gasteiger partial charge on any atom is -0.446 e. The Balaban J connectivity index is 1.39. The fourth-order valence-corrected chi connectivity index (χ4v) is 9.22. The lowest BCUT2D eigenvalue weighted by atomic mass is 9.47. The molecule has 3 unspecified atom stereocenters. The summed E-state index contributed by atoms with van der Waals surface area (Å²) < 4.78 is 5.77. The SMILES string of the molecule is CC(C)CCC[C@H](C)[C@@H]1CCC2C3CC=C4C[C@H](OC(=O)NCCCO)CC[C@@]4(C)C3CC[C@]21C. The summed E-state index contributed by atoms with van der Waals surface area (Å²) in [5.41, 5.74) is 2.39. The van der Waals surface area contributed by atoms with Crippen molar-refractivity contribution in [2.45, 2.75) is 118 Å². The first-order valence-corrected chi connectivity index (χ1v) is 14.9. The van der Waals surface area contributed by atoms with Crippen LogP contribution in [0.5, 0.6) is 0 Å². The van der Waals surface area contributed by atoms with Crippen molar-refractivity contribution in [2.75, 3.05) is 13.2 Å². The Bertz CT molecular complexity index is 762. The van der Waals surface area contributed by atoms with Crippen molar-refractivity contribution in [3.63, 3.8) is 0 Å². The van der Waals surface area contributed by atoms with E-state index in [1.165, 1.54) is 51.4 Å². The number of carbonyl (C=O) groups is 1. The zero-order valence-corrected chi connectivity index (χ0v) is 23.3. The Morgan fingerprint density at radius 2 is 1.89 bits per heavy atom. The van der Waals surface area contributed by atoms with Crippen molar-refractivity contribution in [1.29, 1.82) is 0 Å². The highest BCUT2D eigenvalue weighted by atomic mass is 16.6. The molecule has 4 heteroatoms. The van der Waals surface area contributed by atoms with Gasteiger partial charge in [-0.25, -0.2) is 4.79 Å². The average Bonchev–Trinajstić information content (AvgIpc) is 3.16. The van der Waals surface area contributed by atoms with E-state index in [4.69, 9.17) is 9.84 Å². The van der Waals surface area contributed by atoms with Crippen LogP contribution in [-0.2, 0) is 4.74 Å². The summed E-state index contributed by atoms with van der Waals surface area (Å²) in [7, 11) is 0. The first kappa shape index (κ1) is 27.0. The molecule has 4 nitrogen and oxygen atoms in total. The monoisotopic (exact) mass is 487 g/mol. The Morgan fingerprint density at radius 1 is 1.09 bits per heavy atom. The zero-order chi connectivity index (χ0) is 25.2. The molecule has 3 saturated carbocycles. The highest BCUT2D eigenvalue weighted by Crippen LogP contribution is 2.67. The summed E-state index contributed by atoms with van der Waals surface area (Å²) >= 11 is 0. The van der Waals surface area contributed by atoms with Gasteiger partial charge in [-0.15, -0.1) is 0 Å². The van der Waals surface area contributed by atoms with E-state index in [9.17, 15) is 4.79 Å². The molecule has 8 atom stereocenters. The second-order valence-electron chi connectivity index (χ2n) is 13.6. The number of carbonyl (C=O) groups excluding carboxylic acids is 1. The first-order valence-electron chi connectivity index (χ1n) is 14.9. The van der Waals surface area contributed by atoms with Crippen LogP contribution in [0.2, 0.25) is 0 Å². The van der Waals surface area contributed by atoms with Crippen molar-refractivity contribution in [3.05, 3.63) is 11.6 Å². The Labute approximate surface area is 215 Å². The Morgan fingerprint density at radius 3 is 2.63 bits per heavy atom. The predicted octanol–water partition coefficient (Wildman–Crippen LogP) is 7.51. The van der Waals surface area contributed by atoms with Crippen LogP contribution in [0.15, 0.2) is 11.6 Å². The standard InChI is InChI=1S/C31H53NO3/c1-21(2)8-6-9-22(3)26-12-13-27-25-11-10-23-20-24(35-29(34)32-18-7-19-33)14-16-30(23,4)28(25)15-17-31(26,27)5/h10,21-22,24-28,33H,6-9,11-20H2,1-5H3,(H,32,34)/t22-,24+,25?,26-,27?,28?,30+,31-/m0/s1. The number of hydrogen-bond acceptors (Lipinski definition) is 3. The van der Waals surface area contributed by atoms with Gasteiger partial charge in [-0.3, -0.25) is 0 Å². The van der Waals surface area contributed by atoms with Crippen molar-refractivity contribution >= 4 is 6.09 Å².